The van der Waals surface area contributed by atoms with Crippen molar-refractivity contribution in [2.45, 2.75) is 31.3 Å². The van der Waals surface area contributed by atoms with Crippen molar-refractivity contribution in [3.63, 3.8) is 0 Å². The Labute approximate surface area is 91.2 Å². The molecule has 0 amide bonds. The Morgan fingerprint density at radius 3 is 2.79 bits per heavy atom. The number of rotatable bonds is 1. The van der Waals surface area contributed by atoms with E-state index in [1.807, 2.05) is 7.05 Å². The standard InChI is InChI=1S/C10H19N3S/c1-11-10(14)12-8-5-7-3-4-9(8)13(2)6-7/h7-9H,3-6H2,1-2H3,(H2,11,12,14). The summed E-state index contributed by atoms with van der Waals surface area (Å²) in [6.07, 6.45) is 4.02. The van der Waals surface area contributed by atoms with Crippen LogP contribution in [-0.4, -0.2) is 42.7 Å². The number of hydrogen-bond acceptors (Lipinski definition) is 2. The van der Waals surface area contributed by atoms with Crippen molar-refractivity contribution in [1.82, 2.24) is 15.5 Å². The second kappa shape index (κ2) is 4.03. The molecule has 2 bridgehead atoms. The zero-order valence-corrected chi connectivity index (χ0v) is 9.73. The Hall–Kier alpha value is -0.350. The van der Waals surface area contributed by atoms with Crippen molar-refractivity contribution in [3.05, 3.63) is 0 Å². The molecule has 3 rings (SSSR count). The monoisotopic (exact) mass is 213 g/mol. The number of likely N-dealkylation sites (N-methyl/N-ethyl adjacent to an activating group) is 1. The highest BCUT2D eigenvalue weighted by molar-refractivity contribution is 7.80. The first-order valence-electron chi connectivity index (χ1n) is 5.39. The van der Waals surface area contributed by atoms with Crippen molar-refractivity contribution in [2.75, 3.05) is 20.6 Å². The first-order valence-corrected chi connectivity index (χ1v) is 5.80. The van der Waals surface area contributed by atoms with Crippen LogP contribution in [0.3, 0.4) is 0 Å². The van der Waals surface area contributed by atoms with Gasteiger partial charge in [0, 0.05) is 25.7 Å². The summed E-state index contributed by atoms with van der Waals surface area (Å²) in [5.41, 5.74) is 0. The van der Waals surface area contributed by atoms with E-state index in [0.717, 1.165) is 11.0 Å². The number of hydrogen-bond donors (Lipinski definition) is 2. The molecule has 3 aliphatic rings. The molecule has 3 nitrogen and oxygen atoms in total. The Morgan fingerprint density at radius 1 is 1.43 bits per heavy atom. The van der Waals surface area contributed by atoms with E-state index in [0.29, 0.717) is 12.1 Å². The van der Waals surface area contributed by atoms with Gasteiger partial charge in [0.05, 0.1) is 0 Å². The van der Waals surface area contributed by atoms with E-state index < -0.39 is 0 Å². The van der Waals surface area contributed by atoms with Gasteiger partial charge in [0.15, 0.2) is 5.11 Å². The first-order chi connectivity index (χ1) is 6.70. The molecule has 3 fully saturated rings. The highest BCUT2D eigenvalue weighted by Crippen LogP contribution is 2.33. The predicted molar refractivity (Wildman–Crippen MR) is 62.3 cm³/mol. The molecule has 2 saturated heterocycles. The zero-order valence-electron chi connectivity index (χ0n) is 8.92. The number of thiocarbonyl (C=S) groups is 1. The van der Waals surface area contributed by atoms with Gasteiger partial charge in [0.1, 0.15) is 0 Å². The highest BCUT2D eigenvalue weighted by atomic mass is 32.1. The van der Waals surface area contributed by atoms with Crippen LogP contribution in [0.2, 0.25) is 0 Å². The number of nitrogens with zero attached hydrogens (tertiary/aromatic N) is 1. The van der Waals surface area contributed by atoms with Crippen molar-refractivity contribution in [2.24, 2.45) is 5.92 Å². The van der Waals surface area contributed by atoms with Crippen LogP contribution in [0.15, 0.2) is 0 Å². The molecule has 3 unspecified atom stereocenters. The van der Waals surface area contributed by atoms with Gasteiger partial charge < -0.3 is 15.5 Å². The van der Waals surface area contributed by atoms with E-state index in [-0.39, 0.29) is 0 Å². The van der Waals surface area contributed by atoms with Gasteiger partial charge in [-0.15, -0.1) is 0 Å². The third-order valence-electron chi connectivity index (χ3n) is 3.58. The van der Waals surface area contributed by atoms with E-state index in [1.165, 1.54) is 25.8 Å². The Bertz CT molecular complexity index is 231. The third-order valence-corrected chi connectivity index (χ3v) is 3.90. The smallest absolute Gasteiger partial charge is 0.166 e. The van der Waals surface area contributed by atoms with Crippen LogP contribution < -0.4 is 10.6 Å². The molecular formula is C10H19N3S. The normalized spacial score (nSPS) is 36.9. The summed E-state index contributed by atoms with van der Waals surface area (Å²) < 4.78 is 0. The van der Waals surface area contributed by atoms with Gasteiger partial charge in [-0.05, 0) is 44.4 Å². The Balaban J connectivity index is 1.96. The lowest BCUT2D eigenvalue weighted by Crippen LogP contribution is -2.60. The topological polar surface area (TPSA) is 27.3 Å². The van der Waals surface area contributed by atoms with Gasteiger partial charge in [0.2, 0.25) is 0 Å². The number of nitrogens with one attached hydrogen (secondary N) is 2. The van der Waals surface area contributed by atoms with Gasteiger partial charge in [-0.1, -0.05) is 0 Å². The van der Waals surface area contributed by atoms with Crippen LogP contribution >= 0.6 is 12.2 Å². The summed E-state index contributed by atoms with van der Waals surface area (Å²) in [7, 11) is 4.10. The first kappa shape index (κ1) is 10.2. The fourth-order valence-electron chi connectivity index (χ4n) is 2.87. The maximum absolute atomic E-state index is 5.15. The maximum atomic E-state index is 5.15. The summed E-state index contributed by atoms with van der Waals surface area (Å²) in [6, 6.07) is 1.25. The van der Waals surface area contributed by atoms with Gasteiger partial charge in [-0.3, -0.25) is 0 Å². The highest BCUT2D eigenvalue weighted by Gasteiger charge is 2.39. The number of fused-ring (bicyclic) bond motifs is 3. The van der Waals surface area contributed by atoms with E-state index in [1.54, 1.807) is 0 Å². The van der Waals surface area contributed by atoms with Crippen molar-refractivity contribution in [1.29, 1.82) is 0 Å². The van der Waals surface area contributed by atoms with Crippen LogP contribution in [0.25, 0.3) is 0 Å². The van der Waals surface area contributed by atoms with Crippen molar-refractivity contribution < 1.29 is 0 Å². The van der Waals surface area contributed by atoms with Gasteiger partial charge in [0.25, 0.3) is 0 Å². The molecule has 3 atom stereocenters. The second-order valence-corrected chi connectivity index (χ2v) is 4.92. The molecule has 0 aromatic rings. The average molecular weight is 213 g/mol. The van der Waals surface area contributed by atoms with E-state index >= 15 is 0 Å². The molecule has 2 aliphatic heterocycles. The molecule has 0 aromatic heterocycles. The van der Waals surface area contributed by atoms with Crippen molar-refractivity contribution >= 4 is 17.3 Å². The maximum Gasteiger partial charge on any atom is 0.166 e. The lowest BCUT2D eigenvalue weighted by Gasteiger charge is -2.48. The van der Waals surface area contributed by atoms with Crippen LogP contribution in [0.1, 0.15) is 19.3 Å². The minimum Gasteiger partial charge on any atom is -0.366 e. The van der Waals surface area contributed by atoms with E-state index in [2.05, 4.69) is 22.6 Å². The van der Waals surface area contributed by atoms with E-state index in [4.69, 9.17) is 12.2 Å². The molecule has 0 spiro atoms. The van der Waals surface area contributed by atoms with Gasteiger partial charge >= 0.3 is 0 Å². The predicted octanol–water partition coefficient (Wildman–Crippen LogP) is 0.563. The lowest BCUT2D eigenvalue weighted by atomic mass is 9.77. The average Bonchev–Trinajstić information content (AvgIpc) is 2.18. The summed E-state index contributed by atoms with van der Waals surface area (Å²) in [5, 5.41) is 7.19. The minimum atomic E-state index is 0.562. The molecule has 2 heterocycles. The summed E-state index contributed by atoms with van der Waals surface area (Å²) in [5.74, 6) is 0.877. The van der Waals surface area contributed by atoms with Crippen LogP contribution in [0.4, 0.5) is 0 Å². The largest absolute Gasteiger partial charge is 0.366 e. The Morgan fingerprint density at radius 2 is 2.21 bits per heavy atom. The van der Waals surface area contributed by atoms with E-state index in [9.17, 15) is 0 Å². The molecule has 1 aliphatic carbocycles. The van der Waals surface area contributed by atoms with Crippen LogP contribution in [0.5, 0.6) is 0 Å². The minimum absolute atomic E-state index is 0.562. The molecule has 0 aromatic carbocycles. The summed E-state index contributed by atoms with van der Waals surface area (Å²) in [6.45, 7) is 1.27. The molecule has 2 N–H and O–H groups in total. The fourth-order valence-corrected chi connectivity index (χ4v) is 3.02. The SMILES string of the molecule is CNC(=S)NC1CC2CCC1N(C)C2. The molecular weight excluding hydrogens is 194 g/mol. The quantitative estimate of drug-likeness (QED) is 0.623. The number of piperidine rings is 2. The summed E-state index contributed by atoms with van der Waals surface area (Å²) in [4.78, 5) is 2.48. The molecule has 1 saturated carbocycles. The third kappa shape index (κ3) is 1.86. The summed E-state index contributed by atoms with van der Waals surface area (Å²) >= 11 is 5.15. The zero-order chi connectivity index (χ0) is 10.1. The lowest BCUT2D eigenvalue weighted by molar-refractivity contribution is 0.0470. The fraction of sp³-hybridized carbons (Fsp3) is 0.900. The van der Waals surface area contributed by atoms with Crippen molar-refractivity contribution in [3.8, 4) is 0 Å². The van der Waals surface area contributed by atoms with Gasteiger partial charge in [-0.25, -0.2) is 0 Å². The van der Waals surface area contributed by atoms with Crippen LogP contribution in [-0.2, 0) is 0 Å². The Kier molecular flexibility index (Phi) is 2.93. The molecule has 14 heavy (non-hydrogen) atoms. The molecule has 80 valence electrons. The molecule has 4 heteroatoms. The van der Waals surface area contributed by atoms with Crippen LogP contribution in [0, 0.1) is 5.92 Å². The second-order valence-electron chi connectivity index (χ2n) is 4.52. The molecule has 0 radical (unpaired) electrons. The van der Waals surface area contributed by atoms with Gasteiger partial charge in [-0.2, -0.15) is 0 Å².